The number of amides is 4. The van der Waals surface area contributed by atoms with Crippen LogP contribution < -0.4 is 19.7 Å². The highest BCUT2D eigenvalue weighted by Crippen LogP contribution is 2.28. The first-order valence-electron chi connectivity index (χ1n) is 10.6. The molecular weight excluding hydrogens is 548 g/mol. The fourth-order valence-corrected chi connectivity index (χ4v) is 3.85. The number of carbonyl (C=O) groups is 3. The van der Waals surface area contributed by atoms with Gasteiger partial charge in [0, 0.05) is 4.47 Å². The van der Waals surface area contributed by atoms with Crippen LogP contribution in [0.2, 0.25) is 5.02 Å². The van der Waals surface area contributed by atoms with E-state index in [9.17, 15) is 14.4 Å². The van der Waals surface area contributed by atoms with E-state index >= 15 is 0 Å². The number of imide groups is 2. The lowest BCUT2D eigenvalue weighted by Crippen LogP contribution is -2.54. The van der Waals surface area contributed by atoms with Gasteiger partial charge in [-0.3, -0.25) is 14.9 Å². The lowest BCUT2D eigenvalue weighted by molar-refractivity contribution is -0.122. The van der Waals surface area contributed by atoms with Crippen molar-refractivity contribution in [3.63, 3.8) is 0 Å². The van der Waals surface area contributed by atoms with Crippen molar-refractivity contribution in [2.45, 2.75) is 6.61 Å². The maximum absolute atomic E-state index is 13.1. The van der Waals surface area contributed by atoms with E-state index in [0.717, 1.165) is 14.9 Å². The number of anilines is 1. The van der Waals surface area contributed by atoms with Gasteiger partial charge >= 0.3 is 6.03 Å². The number of ether oxygens (including phenoxy) is 2. The molecule has 4 amide bonds. The predicted octanol–water partition coefficient (Wildman–Crippen LogP) is 5.36. The van der Waals surface area contributed by atoms with E-state index in [1.54, 1.807) is 36.4 Å². The zero-order valence-electron chi connectivity index (χ0n) is 18.7. The molecule has 1 fully saturated rings. The molecule has 0 spiro atoms. The first-order chi connectivity index (χ1) is 17.4. The summed E-state index contributed by atoms with van der Waals surface area (Å²) >= 11 is 9.59. The maximum atomic E-state index is 13.1. The highest BCUT2D eigenvalue weighted by atomic mass is 79.9. The minimum atomic E-state index is -0.846. The molecule has 1 heterocycles. The van der Waals surface area contributed by atoms with Crippen LogP contribution in [0, 0.1) is 12.3 Å². The molecule has 180 valence electrons. The third kappa shape index (κ3) is 5.77. The summed E-state index contributed by atoms with van der Waals surface area (Å²) in [6.45, 7) is 0.401. The Labute approximate surface area is 220 Å². The van der Waals surface area contributed by atoms with Crippen molar-refractivity contribution >= 4 is 57.1 Å². The first kappa shape index (κ1) is 25.0. The van der Waals surface area contributed by atoms with E-state index in [0.29, 0.717) is 23.7 Å². The molecule has 0 bridgehead atoms. The van der Waals surface area contributed by atoms with Gasteiger partial charge in [0.05, 0.1) is 10.7 Å². The average Bonchev–Trinajstić information content (AvgIpc) is 2.86. The normalized spacial score (nSPS) is 14.4. The standard InChI is InChI=1S/C27H18BrClN2O5/c1-2-13-35-24-12-5-18(15-23(24)29)14-22-25(32)30-27(34)31(26(22)33)20-8-10-21(11-9-20)36-16-17-3-6-19(28)7-4-17/h1,3-12,14-15H,13,16H2,(H,30,32,34)/b22-14+. The third-order valence-corrected chi connectivity index (χ3v) is 5.92. The SMILES string of the molecule is C#CCOc1ccc(/C=C2\C(=O)NC(=O)N(c3ccc(OCc4ccc(Br)cc4)cc3)C2=O)cc1Cl. The van der Waals surface area contributed by atoms with Gasteiger partial charge in [-0.25, -0.2) is 9.69 Å². The number of urea groups is 1. The van der Waals surface area contributed by atoms with Crippen molar-refractivity contribution in [2.24, 2.45) is 0 Å². The van der Waals surface area contributed by atoms with Crippen LogP contribution in [-0.4, -0.2) is 24.5 Å². The molecule has 7 nitrogen and oxygen atoms in total. The molecule has 1 saturated heterocycles. The Morgan fingerprint density at radius 3 is 2.39 bits per heavy atom. The molecule has 9 heteroatoms. The second kappa shape index (κ2) is 11.1. The van der Waals surface area contributed by atoms with Crippen molar-refractivity contribution in [1.82, 2.24) is 5.32 Å². The number of hydrogen-bond donors (Lipinski definition) is 1. The van der Waals surface area contributed by atoms with Crippen LogP contribution in [0.25, 0.3) is 6.08 Å². The van der Waals surface area contributed by atoms with Crippen molar-refractivity contribution in [2.75, 3.05) is 11.5 Å². The van der Waals surface area contributed by atoms with Crippen LogP contribution in [-0.2, 0) is 16.2 Å². The van der Waals surface area contributed by atoms with E-state index in [4.69, 9.17) is 27.5 Å². The summed E-state index contributed by atoms with van der Waals surface area (Å²) in [4.78, 5) is 38.9. The molecule has 0 atom stereocenters. The predicted molar refractivity (Wildman–Crippen MR) is 140 cm³/mol. The maximum Gasteiger partial charge on any atom is 0.335 e. The quantitative estimate of drug-likeness (QED) is 0.237. The van der Waals surface area contributed by atoms with Crippen molar-refractivity contribution < 1.29 is 23.9 Å². The molecule has 1 aliphatic heterocycles. The van der Waals surface area contributed by atoms with E-state index in [-0.39, 0.29) is 22.9 Å². The Bertz CT molecular complexity index is 1400. The Morgan fingerprint density at radius 1 is 1.00 bits per heavy atom. The number of barbiturate groups is 1. The number of nitrogens with one attached hydrogen (secondary N) is 1. The van der Waals surface area contributed by atoms with Gasteiger partial charge in [-0.15, -0.1) is 6.42 Å². The second-order valence-corrected chi connectivity index (χ2v) is 8.87. The molecule has 36 heavy (non-hydrogen) atoms. The Hall–Kier alpha value is -4.06. The molecule has 1 aliphatic rings. The summed E-state index contributed by atoms with van der Waals surface area (Å²) in [6, 6.07) is 18.0. The fraction of sp³-hybridized carbons (Fsp3) is 0.0741. The number of benzene rings is 3. The molecule has 0 aliphatic carbocycles. The largest absolute Gasteiger partial charge is 0.489 e. The summed E-state index contributed by atoms with van der Waals surface area (Å²) in [5.74, 6) is 1.70. The summed E-state index contributed by atoms with van der Waals surface area (Å²) < 4.78 is 12.1. The Balaban J connectivity index is 1.51. The van der Waals surface area contributed by atoms with Crippen molar-refractivity contribution in [1.29, 1.82) is 0 Å². The third-order valence-electron chi connectivity index (χ3n) is 5.09. The highest BCUT2D eigenvalue weighted by molar-refractivity contribution is 9.10. The molecule has 1 N–H and O–H groups in total. The van der Waals surface area contributed by atoms with E-state index in [2.05, 4.69) is 27.2 Å². The topological polar surface area (TPSA) is 84.9 Å². The number of rotatable bonds is 7. The van der Waals surface area contributed by atoms with Gasteiger partial charge in [-0.1, -0.05) is 51.7 Å². The summed E-state index contributed by atoms with van der Waals surface area (Å²) in [7, 11) is 0. The van der Waals surface area contributed by atoms with Crippen LogP contribution in [0.15, 0.2) is 76.8 Å². The number of halogens is 2. The van der Waals surface area contributed by atoms with Crippen LogP contribution >= 0.6 is 27.5 Å². The monoisotopic (exact) mass is 564 g/mol. The molecule has 0 radical (unpaired) electrons. The molecule has 0 saturated carbocycles. The summed E-state index contributed by atoms with van der Waals surface area (Å²) in [5, 5.41) is 2.45. The van der Waals surface area contributed by atoms with Crippen molar-refractivity contribution in [3.8, 4) is 23.8 Å². The zero-order chi connectivity index (χ0) is 25.7. The molecule has 0 aromatic heterocycles. The summed E-state index contributed by atoms with van der Waals surface area (Å²) in [5.41, 5.74) is 1.51. The first-order valence-corrected chi connectivity index (χ1v) is 11.8. The second-order valence-electron chi connectivity index (χ2n) is 7.55. The average molecular weight is 566 g/mol. The molecular formula is C27H18BrClN2O5. The summed E-state index contributed by atoms with van der Waals surface area (Å²) in [6.07, 6.45) is 6.54. The smallest absolute Gasteiger partial charge is 0.335 e. The van der Waals surface area contributed by atoms with Gasteiger partial charge in [0.1, 0.15) is 30.3 Å². The van der Waals surface area contributed by atoms with E-state index in [1.807, 2.05) is 24.3 Å². The van der Waals surface area contributed by atoms with Gasteiger partial charge in [0.25, 0.3) is 11.8 Å². The molecule has 0 unspecified atom stereocenters. The molecule has 3 aromatic rings. The van der Waals surface area contributed by atoms with Crippen LogP contribution in [0.1, 0.15) is 11.1 Å². The fourth-order valence-electron chi connectivity index (χ4n) is 3.34. The number of carbonyl (C=O) groups excluding carboxylic acids is 3. The minimum absolute atomic E-state index is 0.0478. The minimum Gasteiger partial charge on any atom is -0.489 e. The number of terminal acetylenes is 1. The molecule has 4 rings (SSSR count). The van der Waals surface area contributed by atoms with Gasteiger partial charge in [-0.2, -0.15) is 0 Å². The molecule has 3 aromatic carbocycles. The van der Waals surface area contributed by atoms with Crippen LogP contribution in [0.3, 0.4) is 0 Å². The van der Waals surface area contributed by atoms with Gasteiger partial charge in [-0.05, 0) is 65.7 Å². The van der Waals surface area contributed by atoms with Crippen molar-refractivity contribution in [3.05, 3.63) is 92.9 Å². The lowest BCUT2D eigenvalue weighted by atomic mass is 10.1. The van der Waals surface area contributed by atoms with Gasteiger partial charge in [0.2, 0.25) is 0 Å². The van der Waals surface area contributed by atoms with Crippen LogP contribution in [0.4, 0.5) is 10.5 Å². The van der Waals surface area contributed by atoms with E-state index < -0.39 is 17.8 Å². The van der Waals surface area contributed by atoms with Crippen LogP contribution in [0.5, 0.6) is 11.5 Å². The highest BCUT2D eigenvalue weighted by Gasteiger charge is 2.36. The van der Waals surface area contributed by atoms with E-state index in [1.165, 1.54) is 12.1 Å². The zero-order valence-corrected chi connectivity index (χ0v) is 21.0. The number of nitrogens with zero attached hydrogens (tertiary/aromatic N) is 1. The van der Waals surface area contributed by atoms with Gasteiger partial charge < -0.3 is 9.47 Å². The van der Waals surface area contributed by atoms with Gasteiger partial charge in [0.15, 0.2) is 0 Å². The lowest BCUT2D eigenvalue weighted by Gasteiger charge is -2.26. The Morgan fingerprint density at radius 2 is 1.72 bits per heavy atom. The number of hydrogen-bond acceptors (Lipinski definition) is 5. The Kier molecular flexibility index (Phi) is 7.74.